The third kappa shape index (κ3) is 5.09. The molecular formula is C19H24FN5O5S. The lowest BCUT2D eigenvalue weighted by Crippen LogP contribution is -2.49. The second-order valence-electron chi connectivity index (χ2n) is 7.55. The van der Waals surface area contributed by atoms with Gasteiger partial charge in [-0.2, -0.15) is 4.31 Å². The summed E-state index contributed by atoms with van der Waals surface area (Å²) in [6, 6.07) is 4.96. The molecule has 0 saturated carbocycles. The first kappa shape index (κ1) is 22.8. The fourth-order valence-electron chi connectivity index (χ4n) is 3.35. The fourth-order valence-corrected chi connectivity index (χ4v) is 4.18. The van der Waals surface area contributed by atoms with Crippen LogP contribution in [0.3, 0.4) is 0 Å². The van der Waals surface area contributed by atoms with Gasteiger partial charge in [0.25, 0.3) is 11.5 Å². The van der Waals surface area contributed by atoms with Crippen molar-refractivity contribution in [1.29, 1.82) is 0 Å². The van der Waals surface area contributed by atoms with Gasteiger partial charge in [-0.25, -0.2) is 17.8 Å². The summed E-state index contributed by atoms with van der Waals surface area (Å²) in [7, 11) is -0.237. The molecule has 2 heterocycles. The van der Waals surface area contributed by atoms with Gasteiger partial charge in [0.05, 0.1) is 12.3 Å². The Hall–Kier alpha value is -2.83. The average Bonchev–Trinajstić information content (AvgIpc) is 2.70. The molecule has 31 heavy (non-hydrogen) atoms. The van der Waals surface area contributed by atoms with E-state index in [0.29, 0.717) is 18.7 Å². The Labute approximate surface area is 179 Å². The maximum absolute atomic E-state index is 13.1. The second kappa shape index (κ2) is 8.73. The molecule has 168 valence electrons. The highest BCUT2D eigenvalue weighted by molar-refractivity contribution is 7.88. The summed E-state index contributed by atoms with van der Waals surface area (Å²) in [5.41, 5.74) is -0.681. The van der Waals surface area contributed by atoms with Crippen molar-refractivity contribution in [1.82, 2.24) is 24.1 Å². The molecule has 1 amide bonds. The summed E-state index contributed by atoms with van der Waals surface area (Å²) < 4.78 is 38.2. The van der Waals surface area contributed by atoms with Crippen molar-refractivity contribution in [3.05, 3.63) is 57.5 Å². The van der Waals surface area contributed by atoms with Gasteiger partial charge in [0.15, 0.2) is 5.69 Å². The Morgan fingerprint density at radius 2 is 1.97 bits per heavy atom. The quantitative estimate of drug-likeness (QED) is 0.659. The molecule has 0 spiro atoms. The number of H-pyrrole nitrogens is 1. The highest BCUT2D eigenvalue weighted by Crippen LogP contribution is 2.24. The van der Waals surface area contributed by atoms with Crippen LogP contribution in [-0.2, 0) is 16.6 Å². The first-order valence-corrected chi connectivity index (χ1v) is 11.3. The number of likely N-dealkylation sites (N-methyl/N-ethyl adjacent to an activating group) is 1. The smallest absolute Gasteiger partial charge is 0.293 e. The molecule has 10 nitrogen and oxygen atoms in total. The number of aromatic hydroxyl groups is 1. The first-order valence-electron chi connectivity index (χ1n) is 9.46. The molecule has 1 atom stereocenters. The van der Waals surface area contributed by atoms with Gasteiger partial charge in [-0.1, -0.05) is 12.1 Å². The van der Waals surface area contributed by atoms with E-state index in [1.165, 1.54) is 40.5 Å². The summed E-state index contributed by atoms with van der Waals surface area (Å²) in [6.07, 6.45) is 1.10. The van der Waals surface area contributed by atoms with E-state index in [-0.39, 0.29) is 18.9 Å². The molecule has 0 radical (unpaired) electrons. The van der Waals surface area contributed by atoms with E-state index in [2.05, 4.69) is 9.97 Å². The molecule has 1 aliphatic rings. The minimum Gasteiger partial charge on any atom is -0.501 e. The molecule has 2 N–H and O–H groups in total. The van der Waals surface area contributed by atoms with Gasteiger partial charge in [-0.3, -0.25) is 14.5 Å². The summed E-state index contributed by atoms with van der Waals surface area (Å²) in [6.45, 7) is 0.839. The van der Waals surface area contributed by atoms with Crippen molar-refractivity contribution < 1.29 is 22.7 Å². The molecular weight excluding hydrogens is 429 g/mol. The summed E-state index contributed by atoms with van der Waals surface area (Å²) >= 11 is 0. The number of carbonyl (C=O) groups excluding carboxylic acids is 1. The van der Waals surface area contributed by atoms with Crippen molar-refractivity contribution in [2.45, 2.75) is 12.6 Å². The number of hydrogen-bond donors (Lipinski definition) is 2. The zero-order valence-electron chi connectivity index (χ0n) is 17.4. The largest absolute Gasteiger partial charge is 0.501 e. The Balaban J connectivity index is 1.90. The number of nitrogens with zero attached hydrogens (tertiary/aromatic N) is 4. The van der Waals surface area contributed by atoms with Gasteiger partial charge in [0, 0.05) is 33.2 Å². The maximum atomic E-state index is 13.1. The third-order valence-electron chi connectivity index (χ3n) is 5.19. The highest BCUT2D eigenvalue weighted by Gasteiger charge is 2.33. The molecule has 1 unspecified atom stereocenters. The summed E-state index contributed by atoms with van der Waals surface area (Å²) in [5.74, 6) is -1.85. The molecule has 2 aromatic rings. The Morgan fingerprint density at radius 3 is 2.58 bits per heavy atom. The number of piperazine rings is 1. The zero-order chi connectivity index (χ0) is 22.9. The SMILES string of the molecule is CN(Cc1ccc(F)cc1)C(=O)c1nc(C2CN(S(C)(=O)=O)CCN2C)[nH]c(=O)c1O. The number of nitrogens with one attached hydrogen (secondary N) is 1. The van der Waals surface area contributed by atoms with Crippen molar-refractivity contribution >= 4 is 15.9 Å². The monoisotopic (exact) mass is 453 g/mol. The number of sulfonamides is 1. The standard InChI is InChI=1S/C19H24FN5O5S/c1-23-8-9-25(31(3,29)30)11-14(23)17-21-15(16(26)18(27)22-17)19(28)24(2)10-12-4-6-13(20)7-5-12/h4-7,14,26H,8-11H2,1-3H3,(H,21,22,27). The first-order chi connectivity index (χ1) is 14.5. The Morgan fingerprint density at radius 1 is 1.32 bits per heavy atom. The number of carbonyl (C=O) groups is 1. The van der Waals surface area contributed by atoms with E-state index in [1.54, 1.807) is 7.05 Å². The molecule has 1 aliphatic heterocycles. The molecule has 1 aromatic carbocycles. The minimum atomic E-state index is -3.45. The van der Waals surface area contributed by atoms with Crippen LogP contribution in [0.1, 0.15) is 27.9 Å². The van der Waals surface area contributed by atoms with Gasteiger partial charge in [0.1, 0.15) is 11.6 Å². The summed E-state index contributed by atoms with van der Waals surface area (Å²) in [5, 5.41) is 10.2. The van der Waals surface area contributed by atoms with Crippen LogP contribution in [0.4, 0.5) is 4.39 Å². The topological polar surface area (TPSA) is 127 Å². The number of halogens is 1. The van der Waals surface area contributed by atoms with E-state index >= 15 is 0 Å². The highest BCUT2D eigenvalue weighted by atomic mass is 32.2. The molecule has 1 fully saturated rings. The molecule has 12 heteroatoms. The number of amides is 1. The van der Waals surface area contributed by atoms with Crippen LogP contribution in [-0.4, -0.2) is 83.5 Å². The van der Waals surface area contributed by atoms with Crippen LogP contribution in [0.5, 0.6) is 5.75 Å². The third-order valence-corrected chi connectivity index (χ3v) is 6.46. The molecule has 1 aromatic heterocycles. The maximum Gasteiger partial charge on any atom is 0.293 e. The molecule has 3 rings (SSSR count). The molecule has 0 aliphatic carbocycles. The van der Waals surface area contributed by atoms with Crippen molar-refractivity contribution in [3.8, 4) is 5.75 Å². The number of aromatic amines is 1. The van der Waals surface area contributed by atoms with E-state index in [9.17, 15) is 27.5 Å². The number of benzene rings is 1. The van der Waals surface area contributed by atoms with Crippen LogP contribution in [0.2, 0.25) is 0 Å². The van der Waals surface area contributed by atoms with Gasteiger partial charge < -0.3 is 15.0 Å². The van der Waals surface area contributed by atoms with Crippen LogP contribution in [0.15, 0.2) is 29.1 Å². The van der Waals surface area contributed by atoms with Gasteiger partial charge >= 0.3 is 0 Å². The zero-order valence-corrected chi connectivity index (χ0v) is 18.2. The fraction of sp³-hybridized carbons (Fsp3) is 0.421. The van der Waals surface area contributed by atoms with Crippen molar-refractivity contribution in [2.75, 3.05) is 40.0 Å². The minimum absolute atomic E-state index is 0.0437. The Bertz CT molecular complexity index is 1140. The van der Waals surface area contributed by atoms with E-state index in [1.807, 2.05) is 4.90 Å². The van der Waals surface area contributed by atoms with Crippen LogP contribution >= 0.6 is 0 Å². The lowest BCUT2D eigenvalue weighted by molar-refractivity contribution is 0.0772. The molecule has 0 bridgehead atoms. The predicted octanol–water partition coefficient (Wildman–Crippen LogP) is 0.135. The van der Waals surface area contributed by atoms with Crippen molar-refractivity contribution in [3.63, 3.8) is 0 Å². The van der Waals surface area contributed by atoms with Crippen LogP contribution in [0, 0.1) is 5.82 Å². The number of hydrogen-bond acceptors (Lipinski definition) is 7. The summed E-state index contributed by atoms with van der Waals surface area (Å²) in [4.78, 5) is 34.9. The van der Waals surface area contributed by atoms with Gasteiger partial charge in [-0.05, 0) is 24.7 Å². The van der Waals surface area contributed by atoms with Gasteiger partial charge in [0.2, 0.25) is 15.8 Å². The molecule has 1 saturated heterocycles. The Kier molecular flexibility index (Phi) is 6.43. The van der Waals surface area contributed by atoms with Gasteiger partial charge in [-0.15, -0.1) is 0 Å². The van der Waals surface area contributed by atoms with E-state index < -0.39 is 44.8 Å². The lowest BCUT2D eigenvalue weighted by Gasteiger charge is -2.37. The van der Waals surface area contributed by atoms with E-state index in [0.717, 1.165) is 6.26 Å². The second-order valence-corrected chi connectivity index (χ2v) is 9.54. The van der Waals surface area contributed by atoms with Crippen LogP contribution < -0.4 is 5.56 Å². The van der Waals surface area contributed by atoms with E-state index in [4.69, 9.17) is 0 Å². The lowest BCUT2D eigenvalue weighted by atomic mass is 10.1. The number of rotatable bonds is 5. The average molecular weight is 453 g/mol. The predicted molar refractivity (Wildman–Crippen MR) is 111 cm³/mol. The van der Waals surface area contributed by atoms with Crippen molar-refractivity contribution in [2.24, 2.45) is 0 Å². The van der Waals surface area contributed by atoms with Crippen LogP contribution in [0.25, 0.3) is 0 Å². The number of aromatic nitrogens is 2. The normalized spacial score (nSPS) is 18.1.